The van der Waals surface area contributed by atoms with Crippen LogP contribution in [0.3, 0.4) is 0 Å². The molecule has 6 heteroatoms. The molecule has 0 rings (SSSR count). The van der Waals surface area contributed by atoms with Gasteiger partial charge in [0, 0.05) is 11.6 Å². The lowest BCUT2D eigenvalue weighted by molar-refractivity contribution is -0.118. The van der Waals surface area contributed by atoms with Gasteiger partial charge < -0.3 is 5.84 Å². The summed E-state index contributed by atoms with van der Waals surface area (Å²) in [7, 11) is 0. The second kappa shape index (κ2) is 7.77. The van der Waals surface area contributed by atoms with E-state index >= 15 is 0 Å². The number of nitroso groups, excluding NO2 is 1. The Kier molecular flexibility index (Phi) is 6.91. The number of nitrogens with zero attached hydrogens (tertiary/aromatic N) is 3. The molecule has 0 aliphatic rings. The molecule has 6 nitrogen and oxygen atoms in total. The highest BCUT2D eigenvalue weighted by Crippen LogP contribution is 2.00. The first-order valence-electron chi connectivity index (χ1n) is 3.74. The van der Waals surface area contributed by atoms with Crippen molar-refractivity contribution in [1.82, 2.24) is 0 Å². The number of rotatable bonds is 6. The van der Waals surface area contributed by atoms with Crippen LogP contribution in [0.2, 0.25) is 0 Å². The van der Waals surface area contributed by atoms with Crippen molar-refractivity contribution in [3.8, 4) is 0 Å². The second-order valence-corrected chi connectivity index (χ2v) is 2.28. The number of nitrogens with two attached hydrogens (primary N) is 1. The molecule has 0 aliphatic carbocycles. The van der Waals surface area contributed by atoms with Crippen LogP contribution in [-0.2, 0) is 4.79 Å². The molecule has 0 spiro atoms. The summed E-state index contributed by atoms with van der Waals surface area (Å²) in [6.45, 7) is 0.569. The second-order valence-electron chi connectivity index (χ2n) is 2.28. The predicted molar refractivity (Wildman–Crippen MR) is 43.2 cm³/mol. The summed E-state index contributed by atoms with van der Waals surface area (Å²) in [5.74, 6) is 4.17. The van der Waals surface area contributed by atoms with Gasteiger partial charge in [-0.1, -0.05) is 11.6 Å². The van der Waals surface area contributed by atoms with Crippen LogP contribution in [0.15, 0.2) is 15.5 Å². The maximum Gasteiger partial charge on any atom is 0.286 e. The van der Waals surface area contributed by atoms with E-state index in [0.29, 0.717) is 13.0 Å². The molecule has 0 saturated carbocycles. The van der Waals surface area contributed by atoms with Crippen LogP contribution in [-0.4, -0.2) is 12.5 Å². The number of carbonyl (C=O) groups is 1. The Labute approximate surface area is 70.2 Å². The van der Waals surface area contributed by atoms with Crippen LogP contribution in [0.4, 0.5) is 0 Å². The van der Waals surface area contributed by atoms with Crippen LogP contribution >= 0.6 is 0 Å². The van der Waals surface area contributed by atoms with E-state index in [1.807, 2.05) is 0 Å². The fourth-order valence-corrected chi connectivity index (χ4v) is 0.739. The van der Waals surface area contributed by atoms with Crippen LogP contribution < -0.4 is 5.84 Å². The molecule has 12 heavy (non-hydrogen) atoms. The average Bonchev–Trinajstić information content (AvgIpc) is 2.10. The Morgan fingerprint density at radius 2 is 2.00 bits per heavy atom. The molecular formula is C6H12N4O2. The van der Waals surface area contributed by atoms with Crippen molar-refractivity contribution in [2.75, 3.05) is 6.54 Å². The van der Waals surface area contributed by atoms with Crippen LogP contribution in [0.5, 0.6) is 0 Å². The normalized spacial score (nSPS) is 10.3. The molecule has 1 amide bonds. The van der Waals surface area contributed by atoms with E-state index in [0.717, 1.165) is 12.8 Å². The SMILES string of the molecule is NN=NCCCCCC(=O)N=O. The minimum Gasteiger partial charge on any atom is -0.305 e. The lowest BCUT2D eigenvalue weighted by Gasteiger charge is -1.93. The highest BCUT2D eigenvalue weighted by atomic mass is 16.3. The number of carbonyl (C=O) groups excluding carboxylic acids is 1. The third-order valence-corrected chi connectivity index (χ3v) is 1.33. The van der Waals surface area contributed by atoms with Crippen molar-refractivity contribution in [3.63, 3.8) is 0 Å². The summed E-state index contributed by atoms with van der Waals surface area (Å²) in [6.07, 6.45) is 2.56. The van der Waals surface area contributed by atoms with Crippen molar-refractivity contribution >= 4 is 5.91 Å². The summed E-state index contributed by atoms with van der Waals surface area (Å²) in [5.41, 5.74) is 0. The third-order valence-electron chi connectivity index (χ3n) is 1.33. The fourth-order valence-electron chi connectivity index (χ4n) is 0.739. The molecule has 0 bridgehead atoms. The molecule has 2 N–H and O–H groups in total. The van der Waals surface area contributed by atoms with Gasteiger partial charge >= 0.3 is 0 Å². The Morgan fingerprint density at radius 1 is 1.25 bits per heavy atom. The van der Waals surface area contributed by atoms with Gasteiger partial charge in [-0.2, -0.15) is 5.11 Å². The largest absolute Gasteiger partial charge is 0.305 e. The highest BCUT2D eigenvalue weighted by Gasteiger charge is 1.98. The first-order chi connectivity index (χ1) is 5.81. The van der Waals surface area contributed by atoms with E-state index in [2.05, 4.69) is 15.5 Å². The van der Waals surface area contributed by atoms with Gasteiger partial charge in [0.25, 0.3) is 5.91 Å². The standard InChI is InChI=1S/C6H12N4O2/c7-10-8-5-3-1-2-4-6(11)9-12/h1-5H2,(H2,7,8). The zero-order valence-corrected chi connectivity index (χ0v) is 6.77. The maximum atomic E-state index is 10.4. The molecule has 0 atom stereocenters. The van der Waals surface area contributed by atoms with Crippen LogP contribution in [0, 0.1) is 4.91 Å². The molecule has 68 valence electrons. The number of hydrogen-bond donors (Lipinski definition) is 1. The topological polar surface area (TPSA) is 97.2 Å². The molecule has 0 aromatic heterocycles. The minimum absolute atomic E-state index is 0.225. The van der Waals surface area contributed by atoms with Crippen molar-refractivity contribution in [2.45, 2.75) is 25.7 Å². The summed E-state index contributed by atoms with van der Waals surface area (Å²) >= 11 is 0. The lowest BCUT2D eigenvalue weighted by Crippen LogP contribution is -1.91. The summed E-state index contributed by atoms with van der Waals surface area (Å²) in [6, 6.07) is 0. The highest BCUT2D eigenvalue weighted by molar-refractivity contribution is 5.76. The van der Waals surface area contributed by atoms with Crippen molar-refractivity contribution in [3.05, 3.63) is 4.91 Å². The van der Waals surface area contributed by atoms with Gasteiger partial charge in [-0.05, 0) is 12.8 Å². The molecule has 0 fully saturated rings. The molecule has 0 saturated heterocycles. The summed E-state index contributed by atoms with van der Waals surface area (Å²) in [5, 5.41) is 8.89. The number of hydrogen-bond acceptors (Lipinski definition) is 4. The van der Waals surface area contributed by atoms with Gasteiger partial charge in [0.05, 0.1) is 6.54 Å². The average molecular weight is 172 g/mol. The summed E-state index contributed by atoms with van der Waals surface area (Å²) < 4.78 is 0. The first-order valence-corrected chi connectivity index (χ1v) is 3.74. The van der Waals surface area contributed by atoms with Crippen molar-refractivity contribution in [1.29, 1.82) is 0 Å². The van der Waals surface area contributed by atoms with E-state index in [1.54, 1.807) is 0 Å². The fraction of sp³-hybridized carbons (Fsp3) is 0.833. The van der Waals surface area contributed by atoms with E-state index in [1.165, 1.54) is 0 Å². The van der Waals surface area contributed by atoms with Gasteiger partial charge in [-0.3, -0.25) is 4.79 Å². The van der Waals surface area contributed by atoms with Crippen LogP contribution in [0.1, 0.15) is 25.7 Å². The number of unbranched alkanes of at least 4 members (excludes halogenated alkanes) is 2. The Balaban J connectivity index is 3.10. The van der Waals surface area contributed by atoms with E-state index < -0.39 is 5.91 Å². The minimum atomic E-state index is -0.588. The van der Waals surface area contributed by atoms with Gasteiger partial charge in [0.1, 0.15) is 0 Å². The summed E-state index contributed by atoms with van der Waals surface area (Å²) in [4.78, 5) is 20.0. The van der Waals surface area contributed by atoms with E-state index in [4.69, 9.17) is 5.84 Å². The van der Waals surface area contributed by atoms with Gasteiger partial charge in [-0.25, -0.2) is 0 Å². The Hall–Kier alpha value is -1.33. The zero-order chi connectivity index (χ0) is 9.23. The monoisotopic (exact) mass is 172 g/mol. The molecule has 0 heterocycles. The van der Waals surface area contributed by atoms with Gasteiger partial charge in [0.15, 0.2) is 0 Å². The zero-order valence-electron chi connectivity index (χ0n) is 6.77. The van der Waals surface area contributed by atoms with Gasteiger partial charge in [-0.15, -0.1) is 4.91 Å². The smallest absolute Gasteiger partial charge is 0.286 e. The molecule has 0 aromatic carbocycles. The van der Waals surface area contributed by atoms with Gasteiger partial charge in [0.2, 0.25) is 0 Å². The quantitative estimate of drug-likeness (QED) is 0.214. The van der Waals surface area contributed by atoms with E-state index in [-0.39, 0.29) is 6.42 Å². The Morgan fingerprint density at radius 3 is 2.58 bits per heavy atom. The van der Waals surface area contributed by atoms with Crippen molar-refractivity contribution in [2.24, 2.45) is 21.4 Å². The molecule has 0 aromatic rings. The molecular weight excluding hydrogens is 160 g/mol. The molecule has 0 radical (unpaired) electrons. The predicted octanol–water partition coefficient (Wildman–Crippen LogP) is 1.17. The molecule has 0 unspecified atom stereocenters. The lowest BCUT2D eigenvalue weighted by atomic mass is 10.2. The first kappa shape index (κ1) is 10.7. The Bertz CT molecular complexity index is 169. The molecule has 0 aliphatic heterocycles. The number of amides is 1. The van der Waals surface area contributed by atoms with E-state index in [9.17, 15) is 9.70 Å². The maximum absolute atomic E-state index is 10.4. The van der Waals surface area contributed by atoms with Crippen molar-refractivity contribution < 1.29 is 4.79 Å². The third kappa shape index (κ3) is 6.79. The van der Waals surface area contributed by atoms with Crippen LogP contribution in [0.25, 0.3) is 0 Å².